The van der Waals surface area contributed by atoms with Crippen LogP contribution in [-0.2, 0) is 14.4 Å². The maximum absolute atomic E-state index is 13.0. The Labute approximate surface area is 125 Å². The molecule has 1 heterocycles. The average molecular weight is 323 g/mol. The summed E-state index contributed by atoms with van der Waals surface area (Å²) in [6.45, 7) is 3.45. The molecule has 22 heavy (non-hydrogen) atoms. The van der Waals surface area contributed by atoms with E-state index in [0.717, 1.165) is 5.06 Å². The number of ether oxygens (including phenoxy) is 1. The van der Waals surface area contributed by atoms with Crippen molar-refractivity contribution in [3.63, 3.8) is 0 Å². The van der Waals surface area contributed by atoms with Gasteiger partial charge in [0.1, 0.15) is 5.83 Å². The van der Waals surface area contributed by atoms with Crippen LogP contribution in [0, 0.1) is 5.92 Å². The molecule has 2 rings (SSSR count). The van der Waals surface area contributed by atoms with E-state index in [1.165, 1.54) is 12.2 Å². The van der Waals surface area contributed by atoms with Gasteiger partial charge in [-0.2, -0.15) is 13.2 Å². The summed E-state index contributed by atoms with van der Waals surface area (Å²) in [6.07, 6.45) is -0.630. The van der Waals surface area contributed by atoms with E-state index in [2.05, 4.69) is 4.84 Å². The summed E-state index contributed by atoms with van der Waals surface area (Å²) in [7, 11) is 0. The Morgan fingerprint density at radius 3 is 2.68 bits per heavy atom. The molecule has 0 N–H and O–H groups in total. The third kappa shape index (κ3) is 3.67. The minimum absolute atomic E-state index is 0.0963. The van der Waals surface area contributed by atoms with Crippen LogP contribution in [0.3, 0.4) is 0 Å². The fraction of sp³-hybridized carbons (Fsp3) is 0.643. The number of allylic oxidation sites excluding steroid dienone is 3. The molecule has 8 heteroatoms. The average Bonchev–Trinajstić information content (AvgIpc) is 2.40. The summed E-state index contributed by atoms with van der Waals surface area (Å²) in [5, 5.41) is 1.04. The SMILES string of the molecule is CC1(C)COCC(C2C=CC(F)=CC2)N1OC(=O)C(F)(F)F. The van der Waals surface area contributed by atoms with Gasteiger partial charge in [-0.05, 0) is 32.4 Å². The van der Waals surface area contributed by atoms with Crippen molar-refractivity contribution >= 4 is 5.97 Å². The molecular formula is C14H17F4NO3. The van der Waals surface area contributed by atoms with Crippen molar-refractivity contribution in [3.05, 3.63) is 24.1 Å². The highest BCUT2D eigenvalue weighted by molar-refractivity contribution is 5.75. The number of hydroxylamine groups is 2. The lowest BCUT2D eigenvalue weighted by molar-refractivity contribution is -0.295. The number of rotatable bonds is 2. The van der Waals surface area contributed by atoms with Crippen LogP contribution in [0.5, 0.6) is 0 Å². The van der Waals surface area contributed by atoms with Gasteiger partial charge in [0.25, 0.3) is 0 Å². The first kappa shape index (κ1) is 17.0. The molecule has 0 aromatic carbocycles. The first-order valence-corrected chi connectivity index (χ1v) is 6.81. The summed E-state index contributed by atoms with van der Waals surface area (Å²) >= 11 is 0. The van der Waals surface area contributed by atoms with Gasteiger partial charge in [0.05, 0.1) is 24.8 Å². The predicted molar refractivity (Wildman–Crippen MR) is 69.1 cm³/mol. The van der Waals surface area contributed by atoms with Crippen molar-refractivity contribution in [2.45, 2.75) is 38.0 Å². The van der Waals surface area contributed by atoms with Gasteiger partial charge in [-0.25, -0.2) is 9.18 Å². The number of hydrogen-bond acceptors (Lipinski definition) is 4. The standard InChI is InChI=1S/C14H17F4NO3/c1-13(2)8-21-7-11(9-3-5-10(15)6-4-9)19(13)22-12(20)14(16,17)18/h3,5-6,9,11H,4,7-8H2,1-2H3. The number of hydrogen-bond donors (Lipinski definition) is 0. The number of nitrogens with zero attached hydrogens (tertiary/aromatic N) is 1. The summed E-state index contributed by atoms with van der Waals surface area (Å²) in [5.41, 5.74) is -0.919. The molecule has 0 radical (unpaired) electrons. The van der Waals surface area contributed by atoms with Crippen molar-refractivity contribution in [1.29, 1.82) is 0 Å². The number of carbonyl (C=O) groups is 1. The fourth-order valence-corrected chi connectivity index (χ4v) is 2.54. The molecule has 0 spiro atoms. The van der Waals surface area contributed by atoms with E-state index in [1.54, 1.807) is 19.9 Å². The highest BCUT2D eigenvalue weighted by Crippen LogP contribution is 2.33. The molecule has 1 aliphatic heterocycles. The van der Waals surface area contributed by atoms with Gasteiger partial charge >= 0.3 is 12.1 Å². The van der Waals surface area contributed by atoms with E-state index in [0.29, 0.717) is 6.42 Å². The summed E-state index contributed by atoms with van der Waals surface area (Å²) in [5.74, 6) is -2.97. The molecule has 0 saturated carbocycles. The molecular weight excluding hydrogens is 306 g/mol. The third-order valence-corrected chi connectivity index (χ3v) is 3.64. The first-order valence-electron chi connectivity index (χ1n) is 6.81. The first-order chi connectivity index (χ1) is 10.1. The lowest BCUT2D eigenvalue weighted by atomic mass is 9.89. The zero-order valence-electron chi connectivity index (χ0n) is 12.2. The van der Waals surface area contributed by atoms with Gasteiger partial charge in [0, 0.05) is 5.92 Å². The zero-order chi connectivity index (χ0) is 16.5. The van der Waals surface area contributed by atoms with Crippen LogP contribution >= 0.6 is 0 Å². The summed E-state index contributed by atoms with van der Waals surface area (Å²) in [6, 6.07) is -0.615. The second kappa shape index (κ2) is 6.00. The molecule has 2 atom stereocenters. The van der Waals surface area contributed by atoms with E-state index >= 15 is 0 Å². The number of morpholine rings is 1. The van der Waals surface area contributed by atoms with Crippen LogP contribution < -0.4 is 0 Å². The van der Waals surface area contributed by atoms with Gasteiger partial charge in [-0.1, -0.05) is 6.08 Å². The minimum Gasteiger partial charge on any atom is -0.378 e. The second-order valence-corrected chi connectivity index (χ2v) is 5.94. The van der Waals surface area contributed by atoms with Crippen LogP contribution in [0.15, 0.2) is 24.1 Å². The van der Waals surface area contributed by atoms with Gasteiger partial charge in [-0.15, -0.1) is 5.06 Å². The minimum atomic E-state index is -5.08. The molecule has 2 aliphatic rings. The lowest BCUT2D eigenvalue weighted by Gasteiger charge is -2.47. The van der Waals surface area contributed by atoms with Crippen molar-refractivity contribution in [2.24, 2.45) is 5.92 Å². The molecule has 124 valence electrons. The molecule has 0 aromatic rings. The highest BCUT2D eigenvalue weighted by atomic mass is 19.4. The quantitative estimate of drug-likeness (QED) is 0.733. The Hall–Kier alpha value is -1.41. The normalized spacial score (nSPS) is 29.1. The third-order valence-electron chi connectivity index (χ3n) is 3.64. The maximum Gasteiger partial charge on any atom is 0.492 e. The molecule has 0 aromatic heterocycles. The lowest BCUT2D eigenvalue weighted by Crippen LogP contribution is -2.61. The van der Waals surface area contributed by atoms with Gasteiger partial charge < -0.3 is 9.57 Å². The molecule has 1 fully saturated rings. The molecule has 0 amide bonds. The van der Waals surface area contributed by atoms with Gasteiger partial charge in [0.15, 0.2) is 0 Å². The highest BCUT2D eigenvalue weighted by Gasteiger charge is 2.49. The van der Waals surface area contributed by atoms with E-state index < -0.39 is 29.6 Å². The molecule has 1 aliphatic carbocycles. The Balaban J connectivity index is 2.19. The van der Waals surface area contributed by atoms with E-state index in [1.807, 2.05) is 0 Å². The van der Waals surface area contributed by atoms with Crippen molar-refractivity contribution in [3.8, 4) is 0 Å². The number of carbonyl (C=O) groups excluding carboxylic acids is 1. The van der Waals surface area contributed by atoms with Crippen LogP contribution in [0.4, 0.5) is 17.6 Å². The Morgan fingerprint density at radius 2 is 2.14 bits per heavy atom. The van der Waals surface area contributed by atoms with E-state index in [9.17, 15) is 22.4 Å². The molecule has 1 saturated heterocycles. The van der Waals surface area contributed by atoms with Crippen LogP contribution in [0.1, 0.15) is 20.3 Å². The van der Waals surface area contributed by atoms with Crippen molar-refractivity contribution in [2.75, 3.05) is 13.2 Å². The summed E-state index contributed by atoms with van der Waals surface area (Å²) < 4.78 is 55.9. The van der Waals surface area contributed by atoms with Crippen LogP contribution in [0.2, 0.25) is 0 Å². The van der Waals surface area contributed by atoms with Gasteiger partial charge in [0.2, 0.25) is 0 Å². The predicted octanol–water partition coefficient (Wildman–Crippen LogP) is 2.92. The summed E-state index contributed by atoms with van der Waals surface area (Å²) in [4.78, 5) is 15.8. The van der Waals surface area contributed by atoms with Crippen LogP contribution in [-0.4, -0.2) is 42.0 Å². The fourth-order valence-electron chi connectivity index (χ4n) is 2.54. The topological polar surface area (TPSA) is 38.8 Å². The smallest absolute Gasteiger partial charge is 0.378 e. The van der Waals surface area contributed by atoms with E-state index in [4.69, 9.17) is 4.74 Å². The van der Waals surface area contributed by atoms with Crippen molar-refractivity contribution < 1.29 is 31.9 Å². The maximum atomic E-state index is 13.0. The number of halogens is 4. The Bertz CT molecular complexity index is 499. The van der Waals surface area contributed by atoms with Crippen molar-refractivity contribution in [1.82, 2.24) is 5.06 Å². The largest absolute Gasteiger partial charge is 0.492 e. The molecule has 0 bridgehead atoms. The Morgan fingerprint density at radius 1 is 1.45 bits per heavy atom. The second-order valence-electron chi connectivity index (χ2n) is 5.94. The Kier molecular flexibility index (Phi) is 4.62. The van der Waals surface area contributed by atoms with Crippen LogP contribution in [0.25, 0.3) is 0 Å². The van der Waals surface area contributed by atoms with Gasteiger partial charge in [-0.3, -0.25) is 0 Å². The van der Waals surface area contributed by atoms with E-state index in [-0.39, 0.29) is 19.1 Å². The zero-order valence-corrected chi connectivity index (χ0v) is 12.2. The number of alkyl halides is 3. The molecule has 4 nitrogen and oxygen atoms in total. The monoisotopic (exact) mass is 323 g/mol. The molecule has 2 unspecified atom stereocenters.